The standard InChI is InChI=1S/C16H18FN3O4/c1-3-14-12(7-20-24-14)9-4-10(6-11(17)5-9)15(21)19-8-13(18)16(22)23-2/h4-7,13H,3,8,18H2,1-2H3,(H,19,21)/t13-/m1/s1. The topological polar surface area (TPSA) is 107 Å². The van der Waals surface area contributed by atoms with Gasteiger partial charge in [-0.25, -0.2) is 4.39 Å². The molecule has 0 saturated heterocycles. The predicted octanol–water partition coefficient (Wildman–Crippen LogP) is 1.27. The zero-order valence-electron chi connectivity index (χ0n) is 13.3. The third kappa shape index (κ3) is 3.96. The quantitative estimate of drug-likeness (QED) is 0.770. The average molecular weight is 335 g/mol. The van der Waals surface area contributed by atoms with Crippen molar-refractivity contribution >= 4 is 11.9 Å². The summed E-state index contributed by atoms with van der Waals surface area (Å²) in [6, 6.07) is 2.93. The number of hydrogen-bond acceptors (Lipinski definition) is 6. The number of aryl methyl sites for hydroxylation is 1. The molecule has 1 aromatic heterocycles. The number of nitrogens with one attached hydrogen (secondary N) is 1. The monoisotopic (exact) mass is 335 g/mol. The van der Waals surface area contributed by atoms with Crippen molar-refractivity contribution in [1.82, 2.24) is 10.5 Å². The number of nitrogens with zero attached hydrogens (tertiary/aromatic N) is 1. The van der Waals surface area contributed by atoms with Gasteiger partial charge in [0.15, 0.2) is 0 Å². The number of methoxy groups -OCH3 is 1. The first-order valence-electron chi connectivity index (χ1n) is 7.32. The van der Waals surface area contributed by atoms with Gasteiger partial charge in [0.2, 0.25) is 0 Å². The second-order valence-corrected chi connectivity index (χ2v) is 5.08. The molecule has 3 N–H and O–H groups in total. The average Bonchev–Trinajstić information content (AvgIpc) is 3.06. The van der Waals surface area contributed by atoms with Crippen LogP contribution >= 0.6 is 0 Å². The molecule has 128 valence electrons. The molecule has 0 saturated carbocycles. The van der Waals surface area contributed by atoms with Gasteiger partial charge in [-0.1, -0.05) is 12.1 Å². The Balaban J connectivity index is 2.19. The van der Waals surface area contributed by atoms with Crippen LogP contribution in [-0.2, 0) is 16.0 Å². The third-order valence-electron chi connectivity index (χ3n) is 3.42. The minimum Gasteiger partial charge on any atom is -0.468 e. The number of rotatable bonds is 6. The van der Waals surface area contributed by atoms with Crippen molar-refractivity contribution in [2.24, 2.45) is 5.73 Å². The first kappa shape index (κ1) is 17.6. The lowest BCUT2D eigenvalue weighted by Gasteiger charge is -2.11. The van der Waals surface area contributed by atoms with Crippen LogP contribution in [0.25, 0.3) is 11.1 Å². The zero-order valence-corrected chi connectivity index (χ0v) is 13.3. The number of halogens is 1. The molecule has 0 bridgehead atoms. The Labute approximate surface area is 138 Å². The van der Waals surface area contributed by atoms with Crippen LogP contribution in [0.15, 0.2) is 28.9 Å². The van der Waals surface area contributed by atoms with Gasteiger partial charge in [-0.3, -0.25) is 9.59 Å². The van der Waals surface area contributed by atoms with Crippen molar-refractivity contribution in [2.45, 2.75) is 19.4 Å². The highest BCUT2D eigenvalue weighted by Crippen LogP contribution is 2.26. The van der Waals surface area contributed by atoms with Gasteiger partial charge in [0.1, 0.15) is 17.6 Å². The van der Waals surface area contributed by atoms with Crippen LogP contribution in [0.3, 0.4) is 0 Å². The fraction of sp³-hybridized carbons (Fsp3) is 0.312. The molecule has 0 aliphatic carbocycles. The molecular weight excluding hydrogens is 317 g/mol. The Hall–Kier alpha value is -2.74. The third-order valence-corrected chi connectivity index (χ3v) is 3.42. The summed E-state index contributed by atoms with van der Waals surface area (Å²) in [5.74, 6) is -1.17. The Morgan fingerprint density at radius 1 is 1.42 bits per heavy atom. The molecule has 0 spiro atoms. The van der Waals surface area contributed by atoms with E-state index in [2.05, 4.69) is 15.2 Å². The summed E-state index contributed by atoms with van der Waals surface area (Å²) < 4.78 is 23.4. The lowest BCUT2D eigenvalue weighted by atomic mass is 10.0. The van der Waals surface area contributed by atoms with Gasteiger partial charge in [-0.2, -0.15) is 0 Å². The second kappa shape index (κ2) is 7.69. The molecule has 1 amide bonds. The van der Waals surface area contributed by atoms with Crippen LogP contribution < -0.4 is 11.1 Å². The summed E-state index contributed by atoms with van der Waals surface area (Å²) in [5.41, 5.74) is 6.75. The molecule has 7 nitrogen and oxygen atoms in total. The van der Waals surface area contributed by atoms with Crippen molar-refractivity contribution in [3.8, 4) is 11.1 Å². The fourth-order valence-corrected chi connectivity index (χ4v) is 2.17. The molecule has 8 heteroatoms. The Morgan fingerprint density at radius 2 is 2.17 bits per heavy atom. The molecule has 2 aromatic rings. The number of nitrogens with two attached hydrogens (primary N) is 1. The van der Waals surface area contributed by atoms with Gasteiger partial charge >= 0.3 is 5.97 Å². The largest absolute Gasteiger partial charge is 0.468 e. The first-order valence-corrected chi connectivity index (χ1v) is 7.32. The summed E-state index contributed by atoms with van der Waals surface area (Å²) >= 11 is 0. The molecule has 24 heavy (non-hydrogen) atoms. The van der Waals surface area contributed by atoms with E-state index in [1.165, 1.54) is 25.4 Å². The molecule has 1 heterocycles. The maximum Gasteiger partial charge on any atom is 0.324 e. The van der Waals surface area contributed by atoms with E-state index in [-0.39, 0.29) is 12.1 Å². The van der Waals surface area contributed by atoms with E-state index in [0.717, 1.165) is 6.07 Å². The van der Waals surface area contributed by atoms with E-state index in [0.29, 0.717) is 23.3 Å². The van der Waals surface area contributed by atoms with Crippen molar-refractivity contribution in [3.05, 3.63) is 41.5 Å². The molecule has 2 rings (SSSR count). The molecule has 1 aromatic carbocycles. The zero-order chi connectivity index (χ0) is 17.7. The molecule has 0 fully saturated rings. The second-order valence-electron chi connectivity index (χ2n) is 5.08. The predicted molar refractivity (Wildman–Crippen MR) is 83.6 cm³/mol. The van der Waals surface area contributed by atoms with Gasteiger partial charge in [0.25, 0.3) is 5.91 Å². The number of aromatic nitrogens is 1. The Morgan fingerprint density at radius 3 is 2.83 bits per heavy atom. The molecule has 0 unspecified atom stereocenters. The number of hydrogen-bond donors (Lipinski definition) is 2. The minimum absolute atomic E-state index is 0.102. The van der Waals surface area contributed by atoms with E-state index in [9.17, 15) is 14.0 Å². The van der Waals surface area contributed by atoms with E-state index >= 15 is 0 Å². The van der Waals surface area contributed by atoms with E-state index < -0.39 is 23.7 Å². The summed E-state index contributed by atoms with van der Waals surface area (Å²) in [7, 11) is 1.20. The van der Waals surface area contributed by atoms with Crippen LogP contribution in [0.1, 0.15) is 23.0 Å². The molecular formula is C16H18FN3O4. The summed E-state index contributed by atoms with van der Waals surface area (Å²) in [6.45, 7) is 1.76. The van der Waals surface area contributed by atoms with Gasteiger partial charge in [-0.15, -0.1) is 0 Å². The molecule has 1 atom stereocenters. The smallest absolute Gasteiger partial charge is 0.324 e. The van der Waals surface area contributed by atoms with Gasteiger partial charge in [-0.05, 0) is 23.8 Å². The minimum atomic E-state index is -0.989. The van der Waals surface area contributed by atoms with Gasteiger partial charge in [0.05, 0.1) is 13.3 Å². The number of ether oxygens (including phenoxy) is 1. The molecule has 0 radical (unpaired) electrons. The van der Waals surface area contributed by atoms with Crippen molar-refractivity contribution in [1.29, 1.82) is 0 Å². The SMILES string of the molecule is CCc1oncc1-c1cc(F)cc(C(=O)NC[C@@H](N)C(=O)OC)c1. The number of benzene rings is 1. The number of amides is 1. The summed E-state index contributed by atoms with van der Waals surface area (Å²) in [6.07, 6.45) is 2.06. The van der Waals surface area contributed by atoms with Crippen molar-refractivity contribution < 1.29 is 23.2 Å². The maximum atomic E-state index is 13.9. The highest BCUT2D eigenvalue weighted by Gasteiger charge is 2.17. The van der Waals surface area contributed by atoms with Crippen LogP contribution in [-0.4, -0.2) is 36.7 Å². The van der Waals surface area contributed by atoms with Crippen molar-refractivity contribution in [2.75, 3.05) is 13.7 Å². The first-order chi connectivity index (χ1) is 11.5. The normalized spacial score (nSPS) is 11.8. The Bertz CT molecular complexity index is 745. The van der Waals surface area contributed by atoms with E-state index in [1.807, 2.05) is 6.92 Å². The van der Waals surface area contributed by atoms with Crippen LogP contribution in [0, 0.1) is 5.82 Å². The van der Waals surface area contributed by atoms with Gasteiger partial charge in [0, 0.05) is 24.1 Å². The maximum absolute atomic E-state index is 13.9. The lowest BCUT2D eigenvalue weighted by molar-refractivity contribution is -0.141. The summed E-state index contributed by atoms with van der Waals surface area (Å²) in [5, 5.41) is 6.17. The van der Waals surface area contributed by atoms with E-state index in [4.69, 9.17) is 10.3 Å². The van der Waals surface area contributed by atoms with Crippen LogP contribution in [0.5, 0.6) is 0 Å². The molecule has 0 aliphatic heterocycles. The van der Waals surface area contributed by atoms with Gasteiger partial charge < -0.3 is 20.3 Å². The number of esters is 1. The summed E-state index contributed by atoms with van der Waals surface area (Å²) in [4.78, 5) is 23.4. The Kier molecular flexibility index (Phi) is 5.64. The van der Waals surface area contributed by atoms with Crippen LogP contribution in [0.4, 0.5) is 4.39 Å². The molecule has 0 aliphatic rings. The van der Waals surface area contributed by atoms with E-state index in [1.54, 1.807) is 0 Å². The highest BCUT2D eigenvalue weighted by atomic mass is 19.1. The van der Waals surface area contributed by atoms with Crippen LogP contribution in [0.2, 0.25) is 0 Å². The number of carbonyl (C=O) groups excluding carboxylic acids is 2. The van der Waals surface area contributed by atoms with Crippen molar-refractivity contribution in [3.63, 3.8) is 0 Å². The lowest BCUT2D eigenvalue weighted by Crippen LogP contribution is -2.43. The number of carbonyl (C=O) groups is 2. The fourth-order valence-electron chi connectivity index (χ4n) is 2.17. The highest BCUT2D eigenvalue weighted by molar-refractivity contribution is 5.95.